The first-order chi connectivity index (χ1) is 11.6. The highest BCUT2D eigenvalue weighted by atomic mass is 32.2. The van der Waals surface area contributed by atoms with E-state index in [1.165, 1.54) is 4.88 Å². The maximum atomic E-state index is 12.9. The summed E-state index contributed by atoms with van der Waals surface area (Å²) in [6, 6.07) is 11.4. The smallest absolute Gasteiger partial charge is 0.308 e. The average molecular weight is 361 g/mol. The SMILES string of the molecule is CC1C(C(=O)O)CCN1C(=O)c1ccccc1SCc1cccs1. The zero-order valence-electron chi connectivity index (χ0n) is 13.3. The summed E-state index contributed by atoms with van der Waals surface area (Å²) in [5.74, 6) is -0.534. The highest BCUT2D eigenvalue weighted by Crippen LogP contribution is 2.31. The number of rotatable bonds is 5. The van der Waals surface area contributed by atoms with E-state index in [1.54, 1.807) is 28.0 Å². The van der Waals surface area contributed by atoms with E-state index in [-0.39, 0.29) is 11.9 Å². The first-order valence-electron chi connectivity index (χ1n) is 7.86. The lowest BCUT2D eigenvalue weighted by Gasteiger charge is -2.24. The summed E-state index contributed by atoms with van der Waals surface area (Å²) in [7, 11) is 0. The van der Waals surface area contributed by atoms with E-state index < -0.39 is 11.9 Å². The van der Waals surface area contributed by atoms with Gasteiger partial charge in [-0.25, -0.2) is 0 Å². The third-order valence-electron chi connectivity index (χ3n) is 4.40. The number of hydrogen-bond donors (Lipinski definition) is 1. The van der Waals surface area contributed by atoms with Gasteiger partial charge in [0, 0.05) is 28.1 Å². The zero-order chi connectivity index (χ0) is 17.1. The van der Waals surface area contributed by atoms with E-state index in [0.717, 1.165) is 10.6 Å². The second-order valence-electron chi connectivity index (χ2n) is 5.84. The van der Waals surface area contributed by atoms with Crippen molar-refractivity contribution < 1.29 is 14.7 Å². The first-order valence-corrected chi connectivity index (χ1v) is 9.72. The number of thiophene rings is 1. The monoisotopic (exact) mass is 361 g/mol. The van der Waals surface area contributed by atoms with E-state index in [2.05, 4.69) is 6.07 Å². The molecule has 1 aromatic carbocycles. The Balaban J connectivity index is 1.76. The van der Waals surface area contributed by atoms with Gasteiger partial charge in [-0.3, -0.25) is 9.59 Å². The normalized spacial score (nSPS) is 20.3. The third kappa shape index (κ3) is 3.49. The first kappa shape index (κ1) is 17.0. The highest BCUT2D eigenvalue weighted by molar-refractivity contribution is 7.98. The lowest BCUT2D eigenvalue weighted by Crippen LogP contribution is -2.37. The summed E-state index contributed by atoms with van der Waals surface area (Å²) in [6.07, 6.45) is 0.521. The number of carboxylic acids is 1. The number of carboxylic acid groups (broad SMARTS) is 1. The van der Waals surface area contributed by atoms with Gasteiger partial charge < -0.3 is 10.0 Å². The minimum Gasteiger partial charge on any atom is -0.481 e. The average Bonchev–Trinajstić information content (AvgIpc) is 3.22. The van der Waals surface area contributed by atoms with Crippen LogP contribution in [0, 0.1) is 5.92 Å². The van der Waals surface area contributed by atoms with E-state index in [9.17, 15) is 14.7 Å². The minimum absolute atomic E-state index is 0.0690. The van der Waals surface area contributed by atoms with Gasteiger partial charge in [0.05, 0.1) is 11.5 Å². The Morgan fingerprint density at radius 2 is 2.08 bits per heavy atom. The summed E-state index contributed by atoms with van der Waals surface area (Å²) in [5.41, 5.74) is 0.664. The van der Waals surface area contributed by atoms with Gasteiger partial charge in [-0.1, -0.05) is 18.2 Å². The topological polar surface area (TPSA) is 57.6 Å². The predicted molar refractivity (Wildman–Crippen MR) is 96.6 cm³/mol. The van der Waals surface area contributed by atoms with Crippen molar-refractivity contribution in [1.29, 1.82) is 0 Å². The Kier molecular flexibility index (Phi) is 5.26. The van der Waals surface area contributed by atoms with Gasteiger partial charge in [0.25, 0.3) is 5.91 Å². The van der Waals surface area contributed by atoms with Crippen LogP contribution in [-0.4, -0.2) is 34.5 Å². The molecule has 1 aliphatic heterocycles. The molecule has 6 heteroatoms. The molecule has 2 heterocycles. The van der Waals surface area contributed by atoms with Crippen molar-refractivity contribution >= 4 is 35.0 Å². The van der Waals surface area contributed by atoms with Crippen molar-refractivity contribution in [2.45, 2.75) is 30.0 Å². The van der Waals surface area contributed by atoms with Crippen LogP contribution in [0.2, 0.25) is 0 Å². The molecule has 24 heavy (non-hydrogen) atoms. The molecule has 1 amide bonds. The van der Waals surface area contributed by atoms with Crippen LogP contribution in [0.25, 0.3) is 0 Å². The number of hydrogen-bond acceptors (Lipinski definition) is 4. The van der Waals surface area contributed by atoms with Crippen LogP contribution in [0.4, 0.5) is 0 Å². The van der Waals surface area contributed by atoms with Crippen molar-refractivity contribution in [3.05, 3.63) is 52.2 Å². The predicted octanol–water partition coefficient (Wildman–Crippen LogP) is 3.98. The summed E-state index contributed by atoms with van der Waals surface area (Å²) < 4.78 is 0. The Morgan fingerprint density at radius 1 is 1.29 bits per heavy atom. The second kappa shape index (κ2) is 7.40. The zero-order valence-corrected chi connectivity index (χ0v) is 15.0. The minimum atomic E-state index is -0.821. The van der Waals surface area contributed by atoms with Crippen LogP contribution in [0.1, 0.15) is 28.6 Å². The third-order valence-corrected chi connectivity index (χ3v) is 6.58. The molecule has 126 valence electrons. The Morgan fingerprint density at radius 3 is 2.75 bits per heavy atom. The molecule has 1 aliphatic rings. The second-order valence-corrected chi connectivity index (χ2v) is 7.89. The number of aliphatic carboxylic acids is 1. The molecule has 1 aromatic heterocycles. The molecule has 3 rings (SSSR count). The number of carbonyl (C=O) groups excluding carboxylic acids is 1. The fourth-order valence-corrected chi connectivity index (χ4v) is 4.84. The fourth-order valence-electron chi connectivity index (χ4n) is 3.02. The maximum absolute atomic E-state index is 12.9. The van der Waals surface area contributed by atoms with E-state index in [0.29, 0.717) is 18.5 Å². The molecular weight excluding hydrogens is 342 g/mol. The van der Waals surface area contributed by atoms with Gasteiger partial charge in [0.15, 0.2) is 0 Å². The van der Waals surface area contributed by atoms with Gasteiger partial charge in [-0.05, 0) is 36.9 Å². The number of amides is 1. The summed E-state index contributed by atoms with van der Waals surface area (Å²) in [4.78, 5) is 28.1. The standard InChI is InChI=1S/C18H19NO3S2/c1-12-14(18(21)22)8-9-19(12)17(20)15-6-2-3-7-16(15)24-11-13-5-4-10-23-13/h2-7,10,12,14H,8-9,11H2,1H3,(H,21,22). The molecule has 0 radical (unpaired) electrons. The van der Waals surface area contributed by atoms with Crippen LogP contribution in [0.3, 0.4) is 0 Å². The van der Waals surface area contributed by atoms with E-state index >= 15 is 0 Å². The van der Waals surface area contributed by atoms with Crippen molar-refractivity contribution in [3.8, 4) is 0 Å². The van der Waals surface area contributed by atoms with Crippen LogP contribution in [-0.2, 0) is 10.5 Å². The molecule has 1 saturated heterocycles. The lowest BCUT2D eigenvalue weighted by atomic mass is 10.0. The van der Waals surface area contributed by atoms with E-state index in [1.807, 2.05) is 42.6 Å². The quantitative estimate of drug-likeness (QED) is 0.819. The molecule has 2 aromatic rings. The van der Waals surface area contributed by atoms with Crippen LogP contribution >= 0.6 is 23.1 Å². The van der Waals surface area contributed by atoms with Gasteiger partial charge in [-0.2, -0.15) is 0 Å². The van der Waals surface area contributed by atoms with Gasteiger partial charge >= 0.3 is 5.97 Å². The Hall–Kier alpha value is -1.79. The molecule has 1 fully saturated rings. The summed E-state index contributed by atoms with van der Waals surface area (Å²) in [5, 5.41) is 11.3. The van der Waals surface area contributed by atoms with Crippen molar-refractivity contribution in [3.63, 3.8) is 0 Å². The number of thioether (sulfide) groups is 1. The maximum Gasteiger partial charge on any atom is 0.308 e. The van der Waals surface area contributed by atoms with Gasteiger partial charge in [0.2, 0.25) is 0 Å². The summed E-state index contributed by atoms with van der Waals surface area (Å²) >= 11 is 3.35. The highest BCUT2D eigenvalue weighted by Gasteiger charge is 2.38. The Labute approximate surface area is 149 Å². The van der Waals surface area contributed by atoms with Crippen molar-refractivity contribution in [1.82, 2.24) is 4.90 Å². The number of likely N-dealkylation sites (tertiary alicyclic amines) is 1. The molecule has 2 unspecified atom stereocenters. The van der Waals surface area contributed by atoms with Crippen molar-refractivity contribution in [2.24, 2.45) is 5.92 Å². The fraction of sp³-hybridized carbons (Fsp3) is 0.333. The van der Waals surface area contributed by atoms with Crippen LogP contribution < -0.4 is 0 Å². The summed E-state index contributed by atoms with van der Waals surface area (Å²) in [6.45, 7) is 2.33. The number of benzene rings is 1. The molecule has 2 atom stereocenters. The molecule has 0 saturated carbocycles. The molecule has 4 nitrogen and oxygen atoms in total. The van der Waals surface area contributed by atoms with Gasteiger partial charge in [-0.15, -0.1) is 23.1 Å². The number of nitrogens with zero attached hydrogens (tertiary/aromatic N) is 1. The lowest BCUT2D eigenvalue weighted by molar-refractivity contribution is -0.142. The van der Waals surface area contributed by atoms with E-state index in [4.69, 9.17) is 0 Å². The Bertz CT molecular complexity index is 730. The van der Waals surface area contributed by atoms with Crippen LogP contribution in [0.5, 0.6) is 0 Å². The molecule has 0 spiro atoms. The van der Waals surface area contributed by atoms with Crippen LogP contribution in [0.15, 0.2) is 46.7 Å². The van der Waals surface area contributed by atoms with Gasteiger partial charge in [0.1, 0.15) is 0 Å². The number of carbonyl (C=O) groups is 2. The largest absolute Gasteiger partial charge is 0.481 e. The van der Waals surface area contributed by atoms with Crippen molar-refractivity contribution in [2.75, 3.05) is 6.54 Å². The molecule has 1 N–H and O–H groups in total. The molecular formula is C18H19NO3S2. The molecule has 0 bridgehead atoms. The molecule has 0 aliphatic carbocycles.